The molecule has 1 aromatic heterocycles. The average molecular weight is 369 g/mol. The first-order valence-electron chi connectivity index (χ1n) is 9.60. The second kappa shape index (κ2) is 8.19. The van der Waals surface area contributed by atoms with Crippen molar-refractivity contribution in [2.24, 2.45) is 4.99 Å². The number of fused-ring (bicyclic) bond motifs is 2. The first kappa shape index (κ1) is 18.1. The molecule has 0 radical (unpaired) electrons. The highest BCUT2D eigenvalue weighted by Crippen LogP contribution is 2.34. The van der Waals surface area contributed by atoms with Crippen molar-refractivity contribution in [3.8, 4) is 0 Å². The first-order valence-corrected chi connectivity index (χ1v) is 9.60. The van der Waals surface area contributed by atoms with Crippen molar-refractivity contribution in [3.63, 3.8) is 0 Å². The molecule has 4 rings (SSSR count). The molecule has 0 aliphatic carbocycles. The van der Waals surface area contributed by atoms with Crippen LogP contribution < -0.4 is 5.32 Å². The lowest BCUT2D eigenvalue weighted by Crippen LogP contribution is -1.96. The van der Waals surface area contributed by atoms with E-state index in [0.717, 1.165) is 57.3 Å². The van der Waals surface area contributed by atoms with Crippen LogP contribution >= 0.6 is 0 Å². The van der Waals surface area contributed by atoms with E-state index in [4.69, 9.17) is 4.98 Å². The standard InChI is InChI=1S/C24H23N3O/c1-2-3-12-25-18-13-17(16-28)14-19(15-18)26-24-20-8-4-6-10-22(20)27-23-11-7-5-9-21(23)24/h4-15,28H,2-3,16H2,1H3,(H,26,27). The van der Waals surface area contributed by atoms with Gasteiger partial charge in [-0.25, -0.2) is 4.98 Å². The van der Waals surface area contributed by atoms with Crippen LogP contribution in [0.15, 0.2) is 71.7 Å². The summed E-state index contributed by atoms with van der Waals surface area (Å²) in [4.78, 5) is 9.32. The molecule has 0 saturated carbocycles. The maximum atomic E-state index is 9.68. The fraction of sp³-hybridized carbons (Fsp3) is 0.167. The van der Waals surface area contributed by atoms with Gasteiger partial charge in [-0.2, -0.15) is 0 Å². The van der Waals surface area contributed by atoms with Crippen LogP contribution in [-0.4, -0.2) is 16.3 Å². The third-order valence-corrected chi connectivity index (χ3v) is 4.68. The Bertz CT molecular complexity index is 1100. The zero-order valence-electron chi connectivity index (χ0n) is 15.9. The van der Waals surface area contributed by atoms with Crippen molar-refractivity contribution in [3.05, 3.63) is 72.3 Å². The van der Waals surface area contributed by atoms with E-state index in [9.17, 15) is 5.11 Å². The Kier molecular flexibility index (Phi) is 5.31. The van der Waals surface area contributed by atoms with Crippen LogP contribution in [0, 0.1) is 0 Å². The molecule has 140 valence electrons. The predicted octanol–water partition coefficient (Wildman–Crippen LogP) is 6.13. The van der Waals surface area contributed by atoms with E-state index in [-0.39, 0.29) is 6.61 Å². The van der Waals surface area contributed by atoms with Crippen LogP contribution in [-0.2, 0) is 6.61 Å². The van der Waals surface area contributed by atoms with Crippen LogP contribution in [0.1, 0.15) is 25.3 Å². The van der Waals surface area contributed by atoms with Gasteiger partial charge in [-0.1, -0.05) is 49.7 Å². The quantitative estimate of drug-likeness (QED) is 0.318. The summed E-state index contributed by atoms with van der Waals surface area (Å²) in [5.74, 6) is 0. The number of nitrogens with one attached hydrogen (secondary N) is 1. The molecule has 0 bridgehead atoms. The number of rotatable bonds is 6. The van der Waals surface area contributed by atoms with Gasteiger partial charge in [0.2, 0.25) is 0 Å². The minimum Gasteiger partial charge on any atom is -0.392 e. The van der Waals surface area contributed by atoms with E-state index in [1.807, 2.05) is 60.8 Å². The number of hydrogen-bond acceptors (Lipinski definition) is 4. The second-order valence-electron chi connectivity index (χ2n) is 6.79. The number of unbranched alkanes of at least 4 members (excludes halogenated alkanes) is 1. The molecular formula is C24H23N3O. The highest BCUT2D eigenvalue weighted by Gasteiger charge is 2.10. The molecule has 0 fully saturated rings. The average Bonchev–Trinajstić information content (AvgIpc) is 2.73. The minimum atomic E-state index is -0.0241. The smallest absolute Gasteiger partial charge is 0.0730 e. The van der Waals surface area contributed by atoms with Crippen molar-refractivity contribution < 1.29 is 5.11 Å². The van der Waals surface area contributed by atoms with Gasteiger partial charge >= 0.3 is 0 Å². The van der Waals surface area contributed by atoms with E-state index in [2.05, 4.69) is 29.4 Å². The Balaban J connectivity index is 1.84. The maximum absolute atomic E-state index is 9.68. The molecule has 0 aliphatic rings. The van der Waals surface area contributed by atoms with Crippen molar-refractivity contribution >= 4 is 45.1 Å². The van der Waals surface area contributed by atoms with Crippen LogP contribution in [0.25, 0.3) is 21.8 Å². The molecule has 0 atom stereocenters. The molecule has 3 aromatic carbocycles. The molecule has 4 heteroatoms. The number of aliphatic hydroxyl groups is 1. The summed E-state index contributed by atoms with van der Waals surface area (Å²) in [5.41, 5.74) is 5.48. The largest absolute Gasteiger partial charge is 0.392 e. The predicted molar refractivity (Wildman–Crippen MR) is 118 cm³/mol. The lowest BCUT2D eigenvalue weighted by Gasteiger charge is -2.14. The summed E-state index contributed by atoms with van der Waals surface area (Å²) in [6.07, 6.45) is 3.92. The Morgan fingerprint density at radius 1 is 0.964 bits per heavy atom. The van der Waals surface area contributed by atoms with Gasteiger partial charge in [0.05, 0.1) is 29.0 Å². The Morgan fingerprint density at radius 2 is 1.64 bits per heavy atom. The maximum Gasteiger partial charge on any atom is 0.0730 e. The zero-order valence-corrected chi connectivity index (χ0v) is 15.9. The molecule has 28 heavy (non-hydrogen) atoms. The molecule has 0 saturated heterocycles. The molecule has 0 spiro atoms. The van der Waals surface area contributed by atoms with Crippen molar-refractivity contribution in [2.45, 2.75) is 26.4 Å². The van der Waals surface area contributed by atoms with Crippen LogP contribution in [0.3, 0.4) is 0 Å². The topological polar surface area (TPSA) is 57.5 Å². The molecule has 4 aromatic rings. The molecule has 0 unspecified atom stereocenters. The molecular weight excluding hydrogens is 346 g/mol. The molecule has 4 nitrogen and oxygen atoms in total. The third-order valence-electron chi connectivity index (χ3n) is 4.68. The first-order chi connectivity index (χ1) is 13.8. The van der Waals surface area contributed by atoms with E-state index in [1.54, 1.807) is 0 Å². The summed E-state index contributed by atoms with van der Waals surface area (Å²) >= 11 is 0. The highest BCUT2D eigenvalue weighted by atomic mass is 16.3. The van der Waals surface area contributed by atoms with Crippen LogP contribution in [0.2, 0.25) is 0 Å². The monoisotopic (exact) mass is 369 g/mol. The van der Waals surface area contributed by atoms with Gasteiger partial charge in [0, 0.05) is 22.7 Å². The van der Waals surface area contributed by atoms with Crippen LogP contribution in [0.4, 0.5) is 17.1 Å². The van der Waals surface area contributed by atoms with E-state index in [0.29, 0.717) is 0 Å². The molecule has 1 heterocycles. The van der Waals surface area contributed by atoms with Gasteiger partial charge in [-0.3, -0.25) is 4.99 Å². The Labute approximate surface area is 164 Å². The Morgan fingerprint density at radius 3 is 2.29 bits per heavy atom. The van der Waals surface area contributed by atoms with Gasteiger partial charge in [0.25, 0.3) is 0 Å². The minimum absolute atomic E-state index is 0.0241. The number of anilines is 2. The van der Waals surface area contributed by atoms with E-state index < -0.39 is 0 Å². The number of aliphatic hydroxyl groups excluding tert-OH is 1. The van der Waals surface area contributed by atoms with Crippen molar-refractivity contribution in [2.75, 3.05) is 5.32 Å². The molecule has 0 amide bonds. The van der Waals surface area contributed by atoms with Crippen LogP contribution in [0.5, 0.6) is 0 Å². The fourth-order valence-corrected chi connectivity index (χ4v) is 3.33. The van der Waals surface area contributed by atoms with E-state index in [1.165, 1.54) is 0 Å². The number of nitrogens with zero attached hydrogens (tertiary/aromatic N) is 2. The SMILES string of the molecule is CCCC=Nc1cc(CO)cc(Nc2c3ccccc3nc3ccccc23)c1. The lowest BCUT2D eigenvalue weighted by molar-refractivity contribution is 0.282. The number of aromatic nitrogens is 1. The summed E-state index contributed by atoms with van der Waals surface area (Å²) in [6, 6.07) is 22.1. The number of benzene rings is 3. The van der Waals surface area contributed by atoms with Gasteiger partial charge in [0.1, 0.15) is 0 Å². The summed E-state index contributed by atoms with van der Waals surface area (Å²) < 4.78 is 0. The number of pyridine rings is 1. The zero-order chi connectivity index (χ0) is 19.3. The third kappa shape index (κ3) is 3.73. The summed E-state index contributed by atoms with van der Waals surface area (Å²) in [5, 5.41) is 15.4. The van der Waals surface area contributed by atoms with Crippen molar-refractivity contribution in [1.82, 2.24) is 4.98 Å². The number of para-hydroxylation sites is 2. The highest BCUT2D eigenvalue weighted by molar-refractivity contribution is 6.08. The van der Waals surface area contributed by atoms with Gasteiger partial charge in [-0.15, -0.1) is 0 Å². The van der Waals surface area contributed by atoms with Gasteiger partial charge < -0.3 is 10.4 Å². The molecule has 2 N–H and O–H groups in total. The second-order valence-corrected chi connectivity index (χ2v) is 6.79. The summed E-state index contributed by atoms with van der Waals surface area (Å²) in [6.45, 7) is 2.10. The van der Waals surface area contributed by atoms with E-state index >= 15 is 0 Å². The Hall–Kier alpha value is -3.24. The lowest BCUT2D eigenvalue weighted by atomic mass is 10.1. The van der Waals surface area contributed by atoms with Crippen molar-refractivity contribution in [1.29, 1.82) is 0 Å². The number of aliphatic imine (C=N–C) groups is 1. The fourth-order valence-electron chi connectivity index (χ4n) is 3.33. The number of hydrogen-bond donors (Lipinski definition) is 2. The summed E-state index contributed by atoms with van der Waals surface area (Å²) in [7, 11) is 0. The normalized spacial score (nSPS) is 11.5. The molecule has 0 aliphatic heterocycles. The van der Waals surface area contributed by atoms with Gasteiger partial charge in [0.15, 0.2) is 0 Å². The van der Waals surface area contributed by atoms with Gasteiger partial charge in [-0.05, 0) is 42.3 Å².